The van der Waals surface area contributed by atoms with Crippen LogP contribution in [0.2, 0.25) is 0 Å². The third-order valence-corrected chi connectivity index (χ3v) is 4.81. The highest BCUT2D eigenvalue weighted by atomic mass is 16.5. The van der Waals surface area contributed by atoms with Crippen LogP contribution in [0.4, 0.5) is 5.69 Å². The topological polar surface area (TPSA) is 110 Å². The number of nitrogens with one attached hydrogen (secondary N) is 1. The summed E-state index contributed by atoms with van der Waals surface area (Å²) >= 11 is 0. The first-order valence-corrected chi connectivity index (χ1v) is 9.35. The van der Waals surface area contributed by atoms with E-state index in [1.807, 2.05) is 4.90 Å². The molecule has 3 heterocycles. The fourth-order valence-corrected chi connectivity index (χ4v) is 2.89. The maximum Gasteiger partial charge on any atom is 0.270 e. The molecular formula is C19H23N5O4. The molecule has 9 nitrogen and oxygen atoms in total. The summed E-state index contributed by atoms with van der Waals surface area (Å²) < 4.78 is 10.9. The molecule has 2 aliphatic rings. The van der Waals surface area contributed by atoms with Crippen molar-refractivity contribution >= 4 is 17.4 Å². The Labute approximate surface area is 162 Å². The minimum atomic E-state index is -0.825. The van der Waals surface area contributed by atoms with Gasteiger partial charge in [0.25, 0.3) is 5.91 Å². The lowest BCUT2D eigenvalue weighted by Crippen LogP contribution is -2.47. The second kappa shape index (κ2) is 6.88. The predicted molar refractivity (Wildman–Crippen MR) is 99.2 cm³/mol. The van der Waals surface area contributed by atoms with Crippen molar-refractivity contribution in [1.82, 2.24) is 20.4 Å². The molecule has 148 valence electrons. The lowest BCUT2D eigenvalue weighted by Gasteiger charge is -2.32. The summed E-state index contributed by atoms with van der Waals surface area (Å²) in [5.41, 5.74) is 0.147. The average Bonchev–Trinajstić information content (AvgIpc) is 3.35. The van der Waals surface area contributed by atoms with Gasteiger partial charge < -0.3 is 19.5 Å². The molecular weight excluding hydrogens is 362 g/mol. The molecule has 0 bridgehead atoms. The van der Waals surface area contributed by atoms with Crippen LogP contribution in [0, 0.1) is 12.8 Å². The van der Waals surface area contributed by atoms with Gasteiger partial charge in [-0.15, -0.1) is 0 Å². The molecule has 2 aromatic rings. The number of amides is 1. The molecule has 1 amide bonds. The second-order valence-electron chi connectivity index (χ2n) is 7.89. The lowest BCUT2D eigenvalue weighted by molar-refractivity contribution is -0.119. The average molecular weight is 385 g/mol. The molecule has 4 rings (SSSR count). The van der Waals surface area contributed by atoms with Gasteiger partial charge in [-0.2, -0.15) is 4.98 Å². The van der Waals surface area contributed by atoms with Gasteiger partial charge in [-0.05, 0) is 44.7 Å². The second-order valence-corrected chi connectivity index (χ2v) is 7.89. The Hall–Kier alpha value is -2.97. The minimum absolute atomic E-state index is 0.173. The minimum Gasteiger partial charge on any atom is -0.476 e. The Bertz CT molecular complexity index is 911. The van der Waals surface area contributed by atoms with Crippen LogP contribution in [-0.4, -0.2) is 46.5 Å². The molecule has 1 saturated heterocycles. The molecule has 1 saturated carbocycles. The number of aryl methyl sites for hydroxylation is 1. The Morgan fingerprint density at radius 3 is 2.68 bits per heavy atom. The van der Waals surface area contributed by atoms with Crippen molar-refractivity contribution in [2.75, 3.05) is 24.6 Å². The largest absolute Gasteiger partial charge is 0.476 e. The summed E-state index contributed by atoms with van der Waals surface area (Å²) in [7, 11) is 0. The summed E-state index contributed by atoms with van der Waals surface area (Å²) in [6.45, 7) is 6.53. The first-order chi connectivity index (χ1) is 13.3. The third-order valence-electron chi connectivity index (χ3n) is 4.81. The molecule has 9 heteroatoms. The van der Waals surface area contributed by atoms with E-state index in [1.54, 1.807) is 32.9 Å². The van der Waals surface area contributed by atoms with E-state index in [2.05, 4.69) is 20.4 Å². The molecule has 2 aromatic heterocycles. The summed E-state index contributed by atoms with van der Waals surface area (Å²) in [6.07, 6.45) is 2.30. The van der Waals surface area contributed by atoms with E-state index in [0.717, 1.165) is 18.5 Å². The molecule has 1 N–H and O–H groups in total. The number of aromatic nitrogens is 3. The van der Waals surface area contributed by atoms with Crippen molar-refractivity contribution in [2.45, 2.75) is 39.2 Å². The van der Waals surface area contributed by atoms with Crippen LogP contribution in [0.15, 0.2) is 16.7 Å². The lowest BCUT2D eigenvalue weighted by atomic mass is 10.0. The molecule has 0 aromatic carbocycles. The maximum absolute atomic E-state index is 12.8. The van der Waals surface area contributed by atoms with Crippen molar-refractivity contribution in [2.24, 2.45) is 5.92 Å². The number of ketones is 1. The highest BCUT2D eigenvalue weighted by Crippen LogP contribution is 2.33. The Morgan fingerprint density at radius 2 is 2.07 bits per heavy atom. The SMILES string of the molecule is Cc1nc(C(C)(C)NC(=O)c2ccc(N3CC(=O)C3)c(OCC3CC3)n2)no1. The zero-order valence-corrected chi connectivity index (χ0v) is 16.2. The van der Waals surface area contributed by atoms with Crippen molar-refractivity contribution in [3.05, 3.63) is 29.5 Å². The van der Waals surface area contributed by atoms with Gasteiger partial charge in [-0.3, -0.25) is 9.59 Å². The number of pyridine rings is 1. The molecule has 1 aliphatic carbocycles. The van der Waals surface area contributed by atoms with Gasteiger partial charge >= 0.3 is 0 Å². The quantitative estimate of drug-likeness (QED) is 0.765. The fourth-order valence-electron chi connectivity index (χ4n) is 2.89. The van der Waals surface area contributed by atoms with E-state index >= 15 is 0 Å². The Kier molecular flexibility index (Phi) is 4.52. The van der Waals surface area contributed by atoms with Crippen molar-refractivity contribution in [3.63, 3.8) is 0 Å². The first-order valence-electron chi connectivity index (χ1n) is 9.35. The summed E-state index contributed by atoms with van der Waals surface area (Å²) in [5.74, 6) is 1.56. The number of hydrogen-bond acceptors (Lipinski definition) is 8. The number of nitrogens with zero attached hydrogens (tertiary/aromatic N) is 4. The van der Waals surface area contributed by atoms with E-state index in [-0.39, 0.29) is 17.4 Å². The molecule has 0 atom stereocenters. The van der Waals surface area contributed by atoms with Crippen LogP contribution in [0.1, 0.15) is 48.9 Å². The number of hydrogen-bond donors (Lipinski definition) is 1. The van der Waals surface area contributed by atoms with E-state index in [4.69, 9.17) is 9.26 Å². The van der Waals surface area contributed by atoms with E-state index < -0.39 is 5.54 Å². The normalized spacial score (nSPS) is 16.7. The zero-order chi connectivity index (χ0) is 19.9. The molecule has 2 fully saturated rings. The number of carbonyl (C=O) groups excluding carboxylic acids is 2. The van der Waals surface area contributed by atoms with Crippen LogP contribution in [0.5, 0.6) is 5.88 Å². The van der Waals surface area contributed by atoms with E-state index in [9.17, 15) is 9.59 Å². The maximum atomic E-state index is 12.8. The molecule has 0 radical (unpaired) electrons. The van der Waals surface area contributed by atoms with Gasteiger partial charge in [0.05, 0.1) is 25.2 Å². The Morgan fingerprint density at radius 1 is 1.32 bits per heavy atom. The van der Waals surface area contributed by atoms with E-state index in [1.165, 1.54) is 0 Å². The van der Waals surface area contributed by atoms with Gasteiger partial charge in [0.2, 0.25) is 11.8 Å². The van der Waals surface area contributed by atoms with Crippen molar-refractivity contribution in [1.29, 1.82) is 0 Å². The van der Waals surface area contributed by atoms with E-state index in [0.29, 0.717) is 43.2 Å². The molecule has 1 aliphatic heterocycles. The predicted octanol–water partition coefficient (Wildman–Crippen LogP) is 1.62. The monoisotopic (exact) mass is 385 g/mol. The number of carbonyl (C=O) groups is 2. The number of rotatable bonds is 7. The van der Waals surface area contributed by atoms with Crippen LogP contribution in [0.25, 0.3) is 0 Å². The van der Waals surface area contributed by atoms with Crippen LogP contribution >= 0.6 is 0 Å². The summed E-state index contributed by atoms with van der Waals surface area (Å²) in [5, 5.41) is 6.77. The molecule has 0 spiro atoms. The summed E-state index contributed by atoms with van der Waals surface area (Å²) in [4.78, 5) is 34.6. The van der Waals surface area contributed by atoms with Gasteiger partial charge in [0.1, 0.15) is 11.4 Å². The fraction of sp³-hybridized carbons (Fsp3) is 0.526. The Balaban J connectivity index is 1.53. The number of ether oxygens (including phenoxy) is 1. The van der Waals surface area contributed by atoms with Crippen LogP contribution in [0.3, 0.4) is 0 Å². The molecule has 28 heavy (non-hydrogen) atoms. The zero-order valence-electron chi connectivity index (χ0n) is 16.2. The highest BCUT2D eigenvalue weighted by Gasteiger charge is 2.31. The first kappa shape index (κ1) is 18.4. The summed E-state index contributed by atoms with van der Waals surface area (Å²) in [6, 6.07) is 3.41. The molecule has 0 unspecified atom stereocenters. The van der Waals surface area contributed by atoms with Crippen molar-refractivity contribution in [3.8, 4) is 5.88 Å². The highest BCUT2D eigenvalue weighted by molar-refractivity contribution is 5.97. The van der Waals surface area contributed by atoms with Gasteiger partial charge in [-0.25, -0.2) is 4.98 Å². The van der Waals surface area contributed by atoms with Gasteiger partial charge in [-0.1, -0.05) is 5.16 Å². The van der Waals surface area contributed by atoms with Crippen LogP contribution < -0.4 is 15.0 Å². The third kappa shape index (κ3) is 3.83. The number of Topliss-reactive ketones (excluding diaryl/α,β-unsaturated/α-hetero) is 1. The standard InChI is InChI=1S/C19H23N5O4/c1-11-20-18(23-28-11)19(2,3)22-16(26)14-6-7-15(24-8-13(25)9-24)17(21-14)27-10-12-4-5-12/h6-7,12H,4-5,8-10H2,1-3H3,(H,22,26). The van der Waals surface area contributed by atoms with Crippen molar-refractivity contribution < 1.29 is 18.8 Å². The number of anilines is 1. The van der Waals surface area contributed by atoms with Gasteiger partial charge in [0.15, 0.2) is 11.6 Å². The van der Waals surface area contributed by atoms with Gasteiger partial charge in [0, 0.05) is 6.92 Å². The smallest absolute Gasteiger partial charge is 0.270 e. The van der Waals surface area contributed by atoms with Crippen LogP contribution in [-0.2, 0) is 10.3 Å².